The molecule has 0 amide bonds. The van der Waals surface area contributed by atoms with E-state index in [0.717, 1.165) is 39.0 Å². The van der Waals surface area contributed by atoms with E-state index in [1.165, 1.54) is 101 Å². The minimum Gasteiger partial charge on any atom is -0.454 e. The Kier molecular flexibility index (Phi) is 8.08. The first-order valence-corrected chi connectivity index (χ1v) is 23.8. The van der Waals surface area contributed by atoms with Gasteiger partial charge in [-0.05, 0) is 119 Å². The molecule has 0 saturated heterocycles. The van der Waals surface area contributed by atoms with Crippen molar-refractivity contribution in [3.63, 3.8) is 0 Å². The number of rotatable bonds is 5. The van der Waals surface area contributed by atoms with Crippen LogP contribution in [0.25, 0.3) is 118 Å². The number of hydrogen-bond acceptors (Lipinski definition) is 3. The van der Waals surface area contributed by atoms with Crippen LogP contribution in [-0.2, 0) is 0 Å². The summed E-state index contributed by atoms with van der Waals surface area (Å²) in [7, 11) is 0. The molecule has 3 heteroatoms. The van der Waals surface area contributed by atoms with E-state index in [-0.39, 0.29) is 0 Å². The summed E-state index contributed by atoms with van der Waals surface area (Å²) in [5.74, 6) is 0.421. The molecule has 0 spiro atoms. The Morgan fingerprint density at radius 3 is 1.76 bits per heavy atom. The number of nitrogens with zero attached hydrogens (tertiary/aromatic N) is 1. The number of anilines is 3. The van der Waals surface area contributed by atoms with Crippen LogP contribution in [-0.4, -0.2) is 0 Å². The fourth-order valence-electron chi connectivity index (χ4n) is 11.1. The van der Waals surface area contributed by atoms with Crippen molar-refractivity contribution in [2.24, 2.45) is 0 Å². The van der Waals surface area contributed by atoms with Crippen LogP contribution in [0.3, 0.4) is 0 Å². The van der Waals surface area contributed by atoms with Crippen molar-refractivity contribution in [2.75, 3.05) is 4.90 Å². The van der Waals surface area contributed by atoms with Gasteiger partial charge < -0.3 is 9.32 Å². The minimum atomic E-state index is 0.421. The summed E-state index contributed by atoms with van der Waals surface area (Å²) in [6, 6.07) is 76.5. The van der Waals surface area contributed by atoms with Gasteiger partial charge in [-0.3, -0.25) is 0 Å². The minimum absolute atomic E-state index is 0.421. The first-order valence-electron chi connectivity index (χ1n) is 22.9. The topological polar surface area (TPSA) is 16.4 Å². The second-order valence-electron chi connectivity index (χ2n) is 18.1. The maximum Gasteiger partial charge on any atom is 0.159 e. The van der Waals surface area contributed by atoms with Crippen LogP contribution in [0.4, 0.5) is 17.1 Å². The summed E-state index contributed by atoms with van der Waals surface area (Å²) in [5.41, 5.74) is 8.77. The molecule has 0 aliphatic rings. The Morgan fingerprint density at radius 2 is 1.02 bits per heavy atom. The highest BCUT2D eigenvalue weighted by molar-refractivity contribution is 7.26. The molecule has 12 aromatic carbocycles. The van der Waals surface area contributed by atoms with Gasteiger partial charge in [-0.15, -0.1) is 11.3 Å². The average Bonchev–Trinajstić information content (AvgIpc) is 3.93. The Bertz CT molecular complexity index is 4270. The fourth-order valence-corrected chi connectivity index (χ4v) is 12.3. The van der Waals surface area contributed by atoms with E-state index in [1.807, 2.05) is 11.3 Å². The molecule has 0 aliphatic carbocycles. The largest absolute Gasteiger partial charge is 0.454 e. The lowest BCUT2D eigenvalue weighted by Gasteiger charge is -2.29. The van der Waals surface area contributed by atoms with E-state index in [1.54, 1.807) is 0 Å². The van der Waals surface area contributed by atoms with E-state index in [2.05, 4.69) is 225 Å². The molecule has 2 nitrogen and oxygen atoms in total. The third kappa shape index (κ3) is 5.41. The molecule has 0 atom stereocenters. The van der Waals surface area contributed by atoms with E-state index >= 15 is 0 Å². The molecule has 2 heterocycles. The van der Waals surface area contributed by atoms with Gasteiger partial charge in [0, 0.05) is 47.4 Å². The summed E-state index contributed by atoms with van der Waals surface area (Å²) < 4.78 is 9.40. The number of para-hydroxylation sites is 2. The highest BCUT2D eigenvalue weighted by atomic mass is 32.1. The van der Waals surface area contributed by atoms with E-state index < -0.39 is 0 Å². The molecule has 0 N–H and O–H groups in total. The zero-order valence-electron chi connectivity index (χ0n) is 36.5. The number of benzene rings is 12. The standard InChI is InChI=1S/C63H41NOS/c1-37(2)38-26-30-41(31-27-38)64(56-24-13-23-52-45-18-11-12-25-57(45)65-63(52)56)62-50-21-9-7-19-47(50)60(48-20-8-10-22-51(48)62)40-29-32-46-54-35-55-53(36-59(54)66-58(46)34-40)44-17-6-5-16-43(44)49-33-28-39-14-3-4-15-42(39)61(49)55/h3-37H,1-2H3. The van der Waals surface area contributed by atoms with Crippen molar-refractivity contribution >= 4 is 135 Å². The third-order valence-corrected chi connectivity index (χ3v) is 15.3. The van der Waals surface area contributed by atoms with Gasteiger partial charge in [0.05, 0.1) is 11.4 Å². The fraction of sp³-hybridized carbons (Fsp3) is 0.0476. The molecular formula is C63H41NOS. The van der Waals surface area contributed by atoms with Gasteiger partial charge >= 0.3 is 0 Å². The zero-order valence-corrected chi connectivity index (χ0v) is 37.3. The van der Waals surface area contributed by atoms with Gasteiger partial charge in [0.1, 0.15) is 5.58 Å². The molecule has 0 saturated carbocycles. The van der Waals surface area contributed by atoms with Gasteiger partial charge in [-0.25, -0.2) is 0 Å². The molecule has 310 valence electrons. The highest BCUT2D eigenvalue weighted by Crippen LogP contribution is 2.51. The monoisotopic (exact) mass is 859 g/mol. The summed E-state index contributed by atoms with van der Waals surface area (Å²) in [6.07, 6.45) is 0. The Balaban J connectivity index is 1.02. The van der Waals surface area contributed by atoms with E-state index in [9.17, 15) is 0 Å². The maximum atomic E-state index is 6.80. The van der Waals surface area contributed by atoms with Crippen molar-refractivity contribution in [2.45, 2.75) is 19.8 Å². The molecule has 0 aliphatic heterocycles. The van der Waals surface area contributed by atoms with Gasteiger partial charge in [0.25, 0.3) is 0 Å². The molecule has 0 fully saturated rings. The van der Waals surface area contributed by atoms with Gasteiger partial charge in [-0.1, -0.05) is 178 Å². The molecule has 14 rings (SSSR count). The zero-order chi connectivity index (χ0) is 43.6. The highest BCUT2D eigenvalue weighted by Gasteiger charge is 2.26. The van der Waals surface area contributed by atoms with Crippen LogP contribution < -0.4 is 4.90 Å². The predicted molar refractivity (Wildman–Crippen MR) is 286 cm³/mol. The molecule has 14 aromatic rings. The number of hydrogen-bond donors (Lipinski definition) is 0. The second kappa shape index (κ2) is 14.3. The second-order valence-corrected chi connectivity index (χ2v) is 19.2. The average molecular weight is 860 g/mol. The summed E-state index contributed by atoms with van der Waals surface area (Å²) in [5, 5.41) is 20.0. The van der Waals surface area contributed by atoms with E-state index in [0.29, 0.717) is 5.92 Å². The maximum absolute atomic E-state index is 6.80. The van der Waals surface area contributed by atoms with Gasteiger partial charge in [-0.2, -0.15) is 0 Å². The number of thiophene rings is 1. The smallest absolute Gasteiger partial charge is 0.159 e. The molecule has 0 unspecified atom stereocenters. The summed E-state index contributed by atoms with van der Waals surface area (Å²) in [6.45, 7) is 4.51. The van der Waals surface area contributed by atoms with E-state index in [4.69, 9.17) is 4.42 Å². The van der Waals surface area contributed by atoms with Crippen LogP contribution >= 0.6 is 11.3 Å². The lowest BCUT2D eigenvalue weighted by molar-refractivity contribution is 0.669. The third-order valence-electron chi connectivity index (χ3n) is 14.2. The summed E-state index contributed by atoms with van der Waals surface area (Å²) in [4.78, 5) is 2.44. The van der Waals surface area contributed by atoms with Gasteiger partial charge in [0.2, 0.25) is 0 Å². The van der Waals surface area contributed by atoms with Crippen molar-refractivity contribution < 1.29 is 4.42 Å². The van der Waals surface area contributed by atoms with Crippen molar-refractivity contribution in [1.82, 2.24) is 0 Å². The first kappa shape index (κ1) is 37.4. The van der Waals surface area contributed by atoms with Crippen LogP contribution in [0.5, 0.6) is 0 Å². The SMILES string of the molecule is CC(C)c1ccc(N(c2c3ccccc3c(-c3ccc4c(c3)sc3cc5c6ccccc6c6ccc7ccccc7c6c5cc34)c3ccccc23)c2cccc3c2oc2ccccc23)cc1. The first-order chi connectivity index (χ1) is 32.6. The summed E-state index contributed by atoms with van der Waals surface area (Å²) >= 11 is 1.90. The van der Waals surface area contributed by atoms with Crippen LogP contribution in [0.15, 0.2) is 211 Å². The molecule has 2 aromatic heterocycles. The van der Waals surface area contributed by atoms with Crippen molar-refractivity contribution in [3.8, 4) is 11.1 Å². The Labute approximate surface area is 385 Å². The molecule has 0 radical (unpaired) electrons. The predicted octanol–water partition coefficient (Wildman–Crippen LogP) is 19.1. The lowest BCUT2D eigenvalue weighted by atomic mass is 9.89. The Hall–Kier alpha value is -7.98. The molecular weight excluding hydrogens is 819 g/mol. The van der Waals surface area contributed by atoms with Gasteiger partial charge in [0.15, 0.2) is 5.58 Å². The van der Waals surface area contributed by atoms with Crippen molar-refractivity contribution in [1.29, 1.82) is 0 Å². The Morgan fingerprint density at radius 1 is 0.409 bits per heavy atom. The van der Waals surface area contributed by atoms with Crippen LogP contribution in [0.1, 0.15) is 25.3 Å². The molecule has 0 bridgehead atoms. The number of fused-ring (bicyclic) bond motifs is 16. The van der Waals surface area contributed by atoms with Crippen LogP contribution in [0, 0.1) is 0 Å². The molecule has 66 heavy (non-hydrogen) atoms. The quantitative estimate of drug-likeness (QED) is 0.127. The lowest BCUT2D eigenvalue weighted by Crippen LogP contribution is -2.12. The number of furan rings is 1. The van der Waals surface area contributed by atoms with Crippen molar-refractivity contribution in [3.05, 3.63) is 212 Å². The normalized spacial score (nSPS) is 12.2. The van der Waals surface area contributed by atoms with Crippen LogP contribution in [0.2, 0.25) is 0 Å².